The minimum atomic E-state index is -1.35. The van der Waals surface area contributed by atoms with Crippen molar-refractivity contribution >= 4 is 0 Å². The topological polar surface area (TPSA) is 40.5 Å². The fourth-order valence-electron chi connectivity index (χ4n) is 0.561. The third-order valence-electron chi connectivity index (χ3n) is 0.994. The van der Waals surface area contributed by atoms with Crippen LogP contribution in [0.1, 0.15) is 0 Å². The van der Waals surface area contributed by atoms with Crippen LogP contribution in [-0.4, -0.2) is 10.2 Å². The van der Waals surface area contributed by atoms with Crippen LogP contribution in [0.25, 0.3) is 0 Å². The smallest absolute Gasteiger partial charge is 0.200 e. The molecule has 0 aromatic heterocycles. The van der Waals surface area contributed by atoms with Crippen LogP contribution in [-0.2, 0) is 0 Å². The number of hydrogen-bond donors (Lipinski definition) is 2. The van der Waals surface area contributed by atoms with Crippen molar-refractivity contribution in [1.29, 1.82) is 0 Å². The van der Waals surface area contributed by atoms with Gasteiger partial charge in [0.15, 0.2) is 11.6 Å². The second-order valence-corrected chi connectivity index (χ2v) is 1.76. The molecule has 0 aliphatic carbocycles. The minimum absolute atomic E-state index is 0.503. The molecule has 54 valence electrons. The summed E-state index contributed by atoms with van der Waals surface area (Å²) in [6, 6.07) is 1.30. The third-order valence-corrected chi connectivity index (χ3v) is 0.994. The highest BCUT2D eigenvalue weighted by Crippen LogP contribution is 2.23. The summed E-state index contributed by atoms with van der Waals surface area (Å²) in [5.41, 5.74) is 0. The largest absolute Gasteiger partial charge is 0.508 e. The van der Waals surface area contributed by atoms with Crippen molar-refractivity contribution in [1.82, 2.24) is 0 Å². The van der Waals surface area contributed by atoms with Crippen molar-refractivity contribution in [2.45, 2.75) is 0 Å². The van der Waals surface area contributed by atoms with Crippen molar-refractivity contribution in [3.05, 3.63) is 23.8 Å². The van der Waals surface area contributed by atoms with Crippen molar-refractivity contribution in [3.63, 3.8) is 0 Å². The van der Waals surface area contributed by atoms with Crippen molar-refractivity contribution in [3.8, 4) is 11.5 Å². The molecule has 4 heteroatoms. The maximum Gasteiger partial charge on any atom is 0.200 e. The van der Waals surface area contributed by atoms with Crippen LogP contribution in [0.4, 0.5) is 8.78 Å². The summed E-state index contributed by atoms with van der Waals surface area (Å²) < 4.78 is 24.3. The van der Waals surface area contributed by atoms with E-state index in [1.54, 1.807) is 0 Å². The Kier molecular flexibility index (Phi) is 1.45. The average Bonchev–Trinajstić information content (AvgIpc) is 1.82. The van der Waals surface area contributed by atoms with Gasteiger partial charge < -0.3 is 10.2 Å². The molecule has 2 N–H and O–H groups in total. The van der Waals surface area contributed by atoms with E-state index < -0.39 is 23.1 Å². The van der Waals surface area contributed by atoms with Crippen LogP contribution in [0.5, 0.6) is 11.5 Å². The molecular weight excluding hydrogens is 142 g/mol. The van der Waals surface area contributed by atoms with E-state index >= 15 is 0 Å². The number of rotatable bonds is 0. The Bertz CT molecular complexity index is 237. The molecule has 0 aliphatic heterocycles. The highest BCUT2D eigenvalue weighted by atomic mass is 19.2. The number of hydrogen-bond acceptors (Lipinski definition) is 2. The molecule has 0 atom stereocenters. The van der Waals surface area contributed by atoms with Gasteiger partial charge in [-0.3, -0.25) is 0 Å². The molecular formula is C6H4F2O2. The van der Waals surface area contributed by atoms with Gasteiger partial charge in [-0.2, -0.15) is 4.39 Å². The molecule has 0 amide bonds. The quantitative estimate of drug-likeness (QED) is 0.580. The normalized spacial score (nSPS) is 9.80. The minimum Gasteiger partial charge on any atom is -0.508 e. The molecule has 0 fully saturated rings. The van der Waals surface area contributed by atoms with E-state index in [1.165, 1.54) is 0 Å². The molecule has 0 heterocycles. The van der Waals surface area contributed by atoms with Gasteiger partial charge in [0.1, 0.15) is 5.75 Å². The first kappa shape index (κ1) is 6.80. The lowest BCUT2D eigenvalue weighted by molar-refractivity contribution is 0.393. The van der Waals surface area contributed by atoms with Crippen molar-refractivity contribution in [2.24, 2.45) is 0 Å². The summed E-state index contributed by atoms with van der Waals surface area (Å²) in [4.78, 5) is 0. The molecule has 1 aromatic carbocycles. The summed E-state index contributed by atoms with van der Waals surface area (Å²) in [7, 11) is 0. The van der Waals surface area contributed by atoms with Crippen molar-refractivity contribution in [2.75, 3.05) is 0 Å². The standard InChI is InChI=1S/C6H4F2O2/c7-4-1-3(9)2-5(10)6(4)8/h1-2,9-10H. The monoisotopic (exact) mass is 146 g/mol. The fourth-order valence-corrected chi connectivity index (χ4v) is 0.561. The molecule has 0 saturated heterocycles. The molecule has 0 spiro atoms. The molecule has 1 rings (SSSR count). The first-order valence-corrected chi connectivity index (χ1v) is 2.48. The van der Waals surface area contributed by atoms with E-state index in [0.717, 1.165) is 6.07 Å². The second-order valence-electron chi connectivity index (χ2n) is 1.76. The van der Waals surface area contributed by atoms with E-state index in [4.69, 9.17) is 10.2 Å². The molecule has 0 saturated carbocycles. The summed E-state index contributed by atoms with van der Waals surface area (Å²) in [5, 5.41) is 17.1. The number of phenols is 2. The number of benzene rings is 1. The summed E-state index contributed by atoms with van der Waals surface area (Å²) in [6.45, 7) is 0. The molecule has 2 nitrogen and oxygen atoms in total. The molecule has 10 heavy (non-hydrogen) atoms. The number of halogens is 2. The van der Waals surface area contributed by atoms with Gasteiger partial charge in [0.05, 0.1) is 0 Å². The fraction of sp³-hybridized carbons (Fsp3) is 0. The van der Waals surface area contributed by atoms with Gasteiger partial charge in [-0.1, -0.05) is 0 Å². The summed E-state index contributed by atoms with van der Waals surface area (Å²) in [6.07, 6.45) is 0. The van der Waals surface area contributed by atoms with Gasteiger partial charge >= 0.3 is 0 Å². The van der Waals surface area contributed by atoms with Gasteiger partial charge in [-0.25, -0.2) is 4.39 Å². The van der Waals surface area contributed by atoms with Gasteiger partial charge in [0, 0.05) is 12.1 Å². The van der Waals surface area contributed by atoms with Gasteiger partial charge in [0.25, 0.3) is 0 Å². The zero-order valence-electron chi connectivity index (χ0n) is 4.81. The van der Waals surface area contributed by atoms with Gasteiger partial charge in [0.2, 0.25) is 5.82 Å². The Hall–Kier alpha value is -1.32. The molecule has 0 radical (unpaired) electrons. The van der Waals surface area contributed by atoms with Crippen molar-refractivity contribution < 1.29 is 19.0 Å². The number of aromatic hydroxyl groups is 2. The predicted octanol–water partition coefficient (Wildman–Crippen LogP) is 1.38. The Morgan fingerprint density at radius 3 is 2.20 bits per heavy atom. The highest BCUT2D eigenvalue weighted by molar-refractivity contribution is 5.33. The van der Waals surface area contributed by atoms with Crippen LogP contribution in [0.15, 0.2) is 12.1 Å². The van der Waals surface area contributed by atoms with Crippen LogP contribution < -0.4 is 0 Å². The SMILES string of the molecule is Oc1cc(O)c(F)c(F)c1. The molecule has 0 unspecified atom stereocenters. The van der Waals surface area contributed by atoms with Crippen LogP contribution in [0, 0.1) is 11.6 Å². The van der Waals surface area contributed by atoms with E-state index in [-0.39, 0.29) is 0 Å². The Labute approximate surface area is 55.4 Å². The first-order chi connectivity index (χ1) is 4.61. The molecule has 0 aliphatic rings. The van der Waals surface area contributed by atoms with Crippen LogP contribution in [0.2, 0.25) is 0 Å². The Morgan fingerprint density at radius 1 is 1.10 bits per heavy atom. The zero-order chi connectivity index (χ0) is 7.72. The number of phenolic OH excluding ortho intramolecular Hbond substituents is 2. The van der Waals surface area contributed by atoms with Crippen LogP contribution in [0.3, 0.4) is 0 Å². The van der Waals surface area contributed by atoms with Crippen LogP contribution >= 0.6 is 0 Å². The van der Waals surface area contributed by atoms with E-state index in [1.807, 2.05) is 0 Å². The molecule has 0 bridgehead atoms. The van der Waals surface area contributed by atoms with E-state index in [0.29, 0.717) is 6.07 Å². The second kappa shape index (κ2) is 2.13. The average molecular weight is 146 g/mol. The van der Waals surface area contributed by atoms with E-state index in [2.05, 4.69) is 0 Å². The maximum absolute atomic E-state index is 12.2. The lowest BCUT2D eigenvalue weighted by Gasteiger charge is -1.96. The molecule has 1 aromatic rings. The summed E-state index contributed by atoms with van der Waals surface area (Å²) >= 11 is 0. The maximum atomic E-state index is 12.2. The highest BCUT2D eigenvalue weighted by Gasteiger charge is 2.07. The van der Waals surface area contributed by atoms with E-state index in [9.17, 15) is 8.78 Å². The third kappa shape index (κ3) is 1.00. The van der Waals surface area contributed by atoms with Gasteiger partial charge in [-0.05, 0) is 0 Å². The lowest BCUT2D eigenvalue weighted by Crippen LogP contribution is -1.82. The lowest BCUT2D eigenvalue weighted by atomic mass is 10.3. The first-order valence-electron chi connectivity index (χ1n) is 2.48. The Morgan fingerprint density at radius 2 is 1.70 bits per heavy atom. The zero-order valence-corrected chi connectivity index (χ0v) is 4.81. The van der Waals surface area contributed by atoms with Gasteiger partial charge in [-0.15, -0.1) is 0 Å². The Balaban J connectivity index is 3.31. The summed E-state index contributed by atoms with van der Waals surface area (Å²) in [5.74, 6) is -4.01. The predicted molar refractivity (Wildman–Crippen MR) is 29.7 cm³/mol.